The van der Waals surface area contributed by atoms with E-state index >= 15 is 0 Å². The molecule has 6 nitrogen and oxygen atoms in total. The summed E-state index contributed by atoms with van der Waals surface area (Å²) in [7, 11) is 0. The van der Waals surface area contributed by atoms with Gasteiger partial charge in [-0.3, -0.25) is 4.79 Å². The van der Waals surface area contributed by atoms with Gasteiger partial charge in [-0.1, -0.05) is 18.2 Å². The van der Waals surface area contributed by atoms with Crippen LogP contribution in [0.25, 0.3) is 5.69 Å². The first-order valence-electron chi connectivity index (χ1n) is 9.10. The first-order chi connectivity index (χ1) is 13.9. The number of aromatic nitrogens is 3. The lowest BCUT2D eigenvalue weighted by Crippen LogP contribution is -2.49. The highest BCUT2D eigenvalue weighted by molar-refractivity contribution is 5.92. The van der Waals surface area contributed by atoms with E-state index in [1.807, 2.05) is 35.2 Å². The minimum Gasteiger partial charge on any atom is -0.353 e. The van der Waals surface area contributed by atoms with Crippen LogP contribution in [0.4, 0.5) is 19.0 Å². The molecule has 29 heavy (non-hydrogen) atoms. The van der Waals surface area contributed by atoms with Gasteiger partial charge in [-0.15, -0.1) is 0 Å². The second kappa shape index (κ2) is 7.57. The van der Waals surface area contributed by atoms with Crippen LogP contribution in [0.1, 0.15) is 16.1 Å². The van der Waals surface area contributed by atoms with E-state index in [2.05, 4.69) is 10.1 Å². The minimum absolute atomic E-state index is 0.167. The maximum Gasteiger partial charge on any atom is 0.417 e. The zero-order valence-electron chi connectivity index (χ0n) is 15.4. The zero-order chi connectivity index (χ0) is 20.4. The lowest BCUT2D eigenvalue weighted by Gasteiger charge is -2.35. The van der Waals surface area contributed by atoms with Crippen molar-refractivity contribution in [1.29, 1.82) is 0 Å². The SMILES string of the molecule is O=C(c1ccn(-c2ccccc2)n1)N1CCN(c2ccc(C(F)(F)F)cn2)CC1. The van der Waals surface area contributed by atoms with Crippen molar-refractivity contribution in [3.8, 4) is 5.69 Å². The number of pyridine rings is 1. The molecule has 1 aliphatic rings. The summed E-state index contributed by atoms with van der Waals surface area (Å²) in [6, 6.07) is 13.6. The van der Waals surface area contributed by atoms with E-state index in [4.69, 9.17) is 0 Å². The average molecular weight is 401 g/mol. The Morgan fingerprint density at radius 1 is 0.931 bits per heavy atom. The molecule has 150 valence electrons. The van der Waals surface area contributed by atoms with Crippen LogP contribution < -0.4 is 4.90 Å². The number of nitrogens with zero attached hydrogens (tertiary/aromatic N) is 5. The van der Waals surface area contributed by atoms with Gasteiger partial charge in [0.2, 0.25) is 0 Å². The molecule has 4 rings (SSSR count). The van der Waals surface area contributed by atoms with E-state index < -0.39 is 11.7 Å². The fraction of sp³-hybridized carbons (Fsp3) is 0.250. The Morgan fingerprint density at radius 3 is 2.28 bits per heavy atom. The Hall–Kier alpha value is -3.36. The third-order valence-corrected chi connectivity index (χ3v) is 4.80. The first-order valence-corrected chi connectivity index (χ1v) is 9.10. The van der Waals surface area contributed by atoms with Crippen molar-refractivity contribution < 1.29 is 18.0 Å². The molecule has 0 aliphatic carbocycles. The first kappa shape index (κ1) is 19.0. The van der Waals surface area contributed by atoms with Crippen LogP contribution in [0.2, 0.25) is 0 Å². The molecule has 1 amide bonds. The van der Waals surface area contributed by atoms with Crippen molar-refractivity contribution in [1.82, 2.24) is 19.7 Å². The molecule has 0 atom stereocenters. The molecule has 0 saturated carbocycles. The molecule has 3 heterocycles. The Labute approximate surface area is 165 Å². The number of carbonyl (C=O) groups excluding carboxylic acids is 1. The Balaban J connectivity index is 1.38. The van der Waals surface area contributed by atoms with Crippen LogP contribution in [0.3, 0.4) is 0 Å². The van der Waals surface area contributed by atoms with Crippen LogP contribution in [0, 0.1) is 0 Å². The molecule has 2 aromatic heterocycles. The van der Waals surface area contributed by atoms with Crippen LogP contribution in [0.15, 0.2) is 60.9 Å². The number of para-hydroxylation sites is 1. The number of piperazine rings is 1. The van der Waals surface area contributed by atoms with E-state index in [9.17, 15) is 18.0 Å². The number of amides is 1. The molecule has 1 fully saturated rings. The summed E-state index contributed by atoms with van der Waals surface area (Å²) >= 11 is 0. The summed E-state index contributed by atoms with van der Waals surface area (Å²) in [5, 5.41) is 4.36. The van der Waals surface area contributed by atoms with Gasteiger partial charge in [0.25, 0.3) is 5.91 Å². The fourth-order valence-corrected chi connectivity index (χ4v) is 3.20. The van der Waals surface area contributed by atoms with Gasteiger partial charge in [-0.25, -0.2) is 9.67 Å². The molecule has 0 bridgehead atoms. The Morgan fingerprint density at radius 2 is 1.66 bits per heavy atom. The molecule has 0 spiro atoms. The van der Waals surface area contributed by atoms with Crippen LogP contribution in [-0.4, -0.2) is 51.8 Å². The quantitative estimate of drug-likeness (QED) is 0.676. The molecular weight excluding hydrogens is 383 g/mol. The van der Waals surface area contributed by atoms with Gasteiger partial charge < -0.3 is 9.80 Å². The molecule has 1 saturated heterocycles. The smallest absolute Gasteiger partial charge is 0.353 e. The number of hydrogen-bond donors (Lipinski definition) is 0. The molecule has 9 heteroatoms. The lowest BCUT2D eigenvalue weighted by atomic mass is 10.2. The van der Waals surface area contributed by atoms with E-state index in [1.54, 1.807) is 21.8 Å². The topological polar surface area (TPSA) is 54.3 Å². The zero-order valence-corrected chi connectivity index (χ0v) is 15.4. The van der Waals surface area contributed by atoms with Crippen molar-refractivity contribution in [3.05, 3.63) is 72.2 Å². The van der Waals surface area contributed by atoms with Crippen molar-refractivity contribution in [3.63, 3.8) is 0 Å². The summed E-state index contributed by atoms with van der Waals surface area (Å²) in [5.74, 6) is 0.304. The van der Waals surface area contributed by atoms with Crippen molar-refractivity contribution >= 4 is 11.7 Å². The number of alkyl halides is 3. The highest BCUT2D eigenvalue weighted by Crippen LogP contribution is 2.29. The second-order valence-corrected chi connectivity index (χ2v) is 6.66. The van der Waals surface area contributed by atoms with Crippen molar-refractivity contribution in [2.45, 2.75) is 6.18 Å². The summed E-state index contributed by atoms with van der Waals surface area (Å²) in [5.41, 5.74) is 0.448. The van der Waals surface area contributed by atoms with E-state index in [1.165, 1.54) is 6.07 Å². The maximum absolute atomic E-state index is 12.7. The molecule has 3 aromatic rings. The fourth-order valence-electron chi connectivity index (χ4n) is 3.20. The highest BCUT2D eigenvalue weighted by atomic mass is 19.4. The number of anilines is 1. The predicted octanol–water partition coefficient (Wildman–Crippen LogP) is 3.25. The van der Waals surface area contributed by atoms with Gasteiger partial charge in [0, 0.05) is 38.6 Å². The number of halogens is 3. The third-order valence-electron chi connectivity index (χ3n) is 4.80. The van der Waals surface area contributed by atoms with Gasteiger partial charge in [-0.2, -0.15) is 18.3 Å². The number of hydrogen-bond acceptors (Lipinski definition) is 4. The highest BCUT2D eigenvalue weighted by Gasteiger charge is 2.31. The van der Waals surface area contributed by atoms with Crippen LogP contribution >= 0.6 is 0 Å². The van der Waals surface area contributed by atoms with E-state index in [0.29, 0.717) is 37.7 Å². The average Bonchev–Trinajstić information content (AvgIpc) is 3.24. The summed E-state index contributed by atoms with van der Waals surface area (Å²) in [6.07, 6.45) is -1.83. The van der Waals surface area contributed by atoms with Gasteiger partial charge >= 0.3 is 6.18 Å². The number of rotatable bonds is 3. The molecule has 1 aliphatic heterocycles. The second-order valence-electron chi connectivity index (χ2n) is 6.66. The van der Waals surface area contributed by atoms with Crippen molar-refractivity contribution in [2.75, 3.05) is 31.1 Å². The number of benzene rings is 1. The van der Waals surface area contributed by atoms with Gasteiger partial charge in [-0.05, 0) is 30.3 Å². The minimum atomic E-state index is -4.40. The lowest BCUT2D eigenvalue weighted by molar-refractivity contribution is -0.137. The Kier molecular flexibility index (Phi) is 4.96. The van der Waals surface area contributed by atoms with Gasteiger partial charge in [0.05, 0.1) is 11.3 Å². The van der Waals surface area contributed by atoms with Crippen LogP contribution in [-0.2, 0) is 6.18 Å². The molecular formula is C20H18F3N5O. The summed E-state index contributed by atoms with van der Waals surface area (Å²) < 4.78 is 39.7. The standard InChI is InChI=1S/C20H18F3N5O/c21-20(22,23)15-6-7-18(24-14-15)26-10-12-27(13-11-26)19(29)17-8-9-28(25-17)16-4-2-1-3-5-16/h1-9,14H,10-13H2. The summed E-state index contributed by atoms with van der Waals surface area (Å²) in [6.45, 7) is 1.87. The Bertz CT molecular complexity index is 977. The number of carbonyl (C=O) groups is 1. The third kappa shape index (κ3) is 4.08. The molecule has 0 unspecified atom stereocenters. The maximum atomic E-state index is 12.7. The monoisotopic (exact) mass is 401 g/mol. The van der Waals surface area contributed by atoms with Crippen molar-refractivity contribution in [2.24, 2.45) is 0 Å². The van der Waals surface area contributed by atoms with E-state index in [-0.39, 0.29) is 5.91 Å². The van der Waals surface area contributed by atoms with Gasteiger partial charge in [0.15, 0.2) is 5.69 Å². The van der Waals surface area contributed by atoms with E-state index in [0.717, 1.165) is 18.0 Å². The summed E-state index contributed by atoms with van der Waals surface area (Å²) in [4.78, 5) is 20.2. The normalized spacial score (nSPS) is 14.9. The predicted molar refractivity (Wildman–Crippen MR) is 101 cm³/mol. The molecule has 0 radical (unpaired) electrons. The van der Waals surface area contributed by atoms with Gasteiger partial charge in [0.1, 0.15) is 5.82 Å². The molecule has 0 N–H and O–H groups in total. The largest absolute Gasteiger partial charge is 0.417 e. The van der Waals surface area contributed by atoms with Crippen LogP contribution in [0.5, 0.6) is 0 Å². The molecule has 1 aromatic carbocycles.